The maximum absolute atomic E-state index is 13.0. The molecule has 7 nitrogen and oxygen atoms in total. The molecule has 2 amide bonds. The van der Waals surface area contributed by atoms with Crippen molar-refractivity contribution in [2.45, 2.75) is 45.3 Å². The van der Waals surface area contributed by atoms with Crippen molar-refractivity contribution in [2.75, 3.05) is 32.8 Å². The van der Waals surface area contributed by atoms with Crippen LogP contribution in [0.5, 0.6) is 0 Å². The van der Waals surface area contributed by atoms with Crippen molar-refractivity contribution < 1.29 is 19.1 Å². The lowest BCUT2D eigenvalue weighted by molar-refractivity contribution is 0.00233. The molecule has 0 saturated carbocycles. The third kappa shape index (κ3) is 3.45. The Bertz CT molecular complexity index is 707. The Morgan fingerprint density at radius 1 is 1.30 bits per heavy atom. The van der Waals surface area contributed by atoms with Gasteiger partial charge in [-0.05, 0) is 39.0 Å². The van der Waals surface area contributed by atoms with Gasteiger partial charge in [0.25, 0.3) is 5.91 Å². The van der Waals surface area contributed by atoms with E-state index >= 15 is 0 Å². The van der Waals surface area contributed by atoms with Gasteiger partial charge in [0.05, 0.1) is 31.0 Å². The molecule has 0 radical (unpaired) electrons. The van der Waals surface area contributed by atoms with E-state index in [-0.39, 0.29) is 23.5 Å². The number of carbonyl (C=O) groups is 2. The van der Waals surface area contributed by atoms with Crippen LogP contribution in [-0.4, -0.2) is 71.3 Å². The largest absolute Gasteiger partial charge is 0.444 e. The van der Waals surface area contributed by atoms with E-state index in [9.17, 15) is 9.59 Å². The summed E-state index contributed by atoms with van der Waals surface area (Å²) in [5.41, 5.74) is 1.24. The van der Waals surface area contributed by atoms with Crippen molar-refractivity contribution in [3.8, 4) is 0 Å². The number of carbonyl (C=O) groups excluding carboxylic acids is 2. The fraction of sp³-hybridized carbons (Fsp3) is 0.737. The molecule has 1 spiro atoms. The molecule has 3 aliphatic heterocycles. The van der Waals surface area contributed by atoms with E-state index in [2.05, 4.69) is 4.98 Å². The van der Waals surface area contributed by atoms with Gasteiger partial charge in [-0.15, -0.1) is 11.3 Å². The Kier molecular flexibility index (Phi) is 4.66. The van der Waals surface area contributed by atoms with Gasteiger partial charge >= 0.3 is 6.09 Å². The van der Waals surface area contributed by atoms with Crippen LogP contribution < -0.4 is 0 Å². The summed E-state index contributed by atoms with van der Waals surface area (Å²) in [6.45, 7) is 9.03. The molecule has 4 heterocycles. The lowest BCUT2D eigenvalue weighted by atomic mass is 9.70. The first-order valence-electron chi connectivity index (χ1n) is 9.54. The number of amides is 2. The summed E-state index contributed by atoms with van der Waals surface area (Å²) >= 11 is 1.38. The average molecular weight is 394 g/mol. The maximum atomic E-state index is 13.0. The number of thiazole rings is 1. The van der Waals surface area contributed by atoms with Gasteiger partial charge in [0.2, 0.25) is 0 Å². The minimum Gasteiger partial charge on any atom is -0.444 e. The second-order valence-corrected chi connectivity index (χ2v) is 9.73. The zero-order chi connectivity index (χ0) is 19.2. The molecule has 2 atom stereocenters. The number of ether oxygens (including phenoxy) is 2. The van der Waals surface area contributed by atoms with Crippen LogP contribution in [0.25, 0.3) is 0 Å². The second-order valence-electron chi connectivity index (χ2n) is 8.84. The highest BCUT2D eigenvalue weighted by Gasteiger charge is 2.57. The molecule has 3 saturated heterocycles. The van der Waals surface area contributed by atoms with Crippen LogP contribution in [0, 0.1) is 11.3 Å². The molecule has 3 fully saturated rings. The first kappa shape index (κ1) is 18.7. The monoisotopic (exact) mass is 393 g/mol. The van der Waals surface area contributed by atoms with Crippen LogP contribution >= 0.6 is 11.3 Å². The molecule has 1 aromatic rings. The molecule has 0 unspecified atom stereocenters. The number of piperidine rings is 1. The van der Waals surface area contributed by atoms with Gasteiger partial charge in [-0.2, -0.15) is 0 Å². The van der Waals surface area contributed by atoms with Crippen LogP contribution in [0.2, 0.25) is 0 Å². The van der Waals surface area contributed by atoms with E-state index in [0.29, 0.717) is 37.1 Å². The van der Waals surface area contributed by atoms with Crippen LogP contribution in [0.4, 0.5) is 4.79 Å². The average Bonchev–Trinajstić information content (AvgIpc) is 3.33. The van der Waals surface area contributed by atoms with Crippen molar-refractivity contribution in [3.05, 3.63) is 16.6 Å². The number of aromatic nitrogens is 1. The fourth-order valence-electron chi connectivity index (χ4n) is 4.68. The van der Waals surface area contributed by atoms with Crippen molar-refractivity contribution in [1.82, 2.24) is 14.8 Å². The number of fused-ring (bicyclic) bond motifs is 2. The zero-order valence-corrected chi connectivity index (χ0v) is 17.0. The molecule has 148 valence electrons. The molecule has 1 aromatic heterocycles. The minimum absolute atomic E-state index is 0.0278. The summed E-state index contributed by atoms with van der Waals surface area (Å²) in [6, 6.07) is 0.132. The van der Waals surface area contributed by atoms with Crippen LogP contribution in [0.3, 0.4) is 0 Å². The molecule has 27 heavy (non-hydrogen) atoms. The van der Waals surface area contributed by atoms with Crippen molar-refractivity contribution in [3.63, 3.8) is 0 Å². The molecular weight excluding hydrogens is 366 g/mol. The number of rotatable bonds is 1. The number of hydrogen-bond acceptors (Lipinski definition) is 6. The SMILES string of the molecule is CC(C)(C)OC(=O)N1CCC2(CC1)CN(C(=O)c1cncs1)[C@@H]1COC[C@@H]12. The van der Waals surface area contributed by atoms with E-state index in [4.69, 9.17) is 9.47 Å². The quantitative estimate of drug-likeness (QED) is 0.733. The predicted molar refractivity (Wildman–Crippen MR) is 101 cm³/mol. The molecule has 0 N–H and O–H groups in total. The molecule has 8 heteroatoms. The normalized spacial score (nSPS) is 27.1. The predicted octanol–water partition coefficient (Wildman–Crippen LogP) is 2.63. The summed E-state index contributed by atoms with van der Waals surface area (Å²) in [5.74, 6) is 0.402. The highest BCUT2D eigenvalue weighted by atomic mass is 32.1. The summed E-state index contributed by atoms with van der Waals surface area (Å²) in [4.78, 5) is 33.9. The van der Waals surface area contributed by atoms with E-state index in [1.165, 1.54) is 11.3 Å². The Balaban J connectivity index is 1.46. The third-order valence-corrected chi connectivity index (χ3v) is 6.80. The summed E-state index contributed by atoms with van der Waals surface area (Å²) < 4.78 is 11.3. The first-order chi connectivity index (χ1) is 12.8. The molecule has 3 aliphatic rings. The van der Waals surface area contributed by atoms with E-state index in [1.54, 1.807) is 16.6 Å². The van der Waals surface area contributed by atoms with Crippen LogP contribution in [-0.2, 0) is 9.47 Å². The van der Waals surface area contributed by atoms with Gasteiger partial charge < -0.3 is 19.3 Å². The fourth-order valence-corrected chi connectivity index (χ4v) is 5.26. The highest BCUT2D eigenvalue weighted by Crippen LogP contribution is 2.50. The Morgan fingerprint density at radius 3 is 2.67 bits per heavy atom. The lowest BCUT2D eigenvalue weighted by Crippen LogP contribution is -2.48. The van der Waals surface area contributed by atoms with Gasteiger partial charge in [-0.1, -0.05) is 0 Å². The summed E-state index contributed by atoms with van der Waals surface area (Å²) in [6.07, 6.45) is 3.16. The zero-order valence-electron chi connectivity index (χ0n) is 16.1. The number of hydrogen-bond donors (Lipinski definition) is 0. The van der Waals surface area contributed by atoms with Crippen LogP contribution in [0.1, 0.15) is 43.3 Å². The second kappa shape index (κ2) is 6.74. The van der Waals surface area contributed by atoms with Gasteiger partial charge in [-0.25, -0.2) is 4.79 Å². The van der Waals surface area contributed by atoms with Crippen LogP contribution in [0.15, 0.2) is 11.7 Å². The molecule has 0 aromatic carbocycles. The molecule has 4 rings (SSSR count). The highest BCUT2D eigenvalue weighted by molar-refractivity contribution is 7.11. The van der Waals surface area contributed by atoms with Crippen molar-refractivity contribution in [2.24, 2.45) is 11.3 Å². The third-order valence-electron chi connectivity index (χ3n) is 6.04. The Morgan fingerprint density at radius 2 is 2.04 bits per heavy atom. The van der Waals surface area contributed by atoms with Gasteiger partial charge in [-0.3, -0.25) is 9.78 Å². The topological polar surface area (TPSA) is 72.0 Å². The smallest absolute Gasteiger partial charge is 0.410 e. The van der Waals surface area contributed by atoms with Gasteiger partial charge in [0.1, 0.15) is 10.5 Å². The number of nitrogens with zero attached hydrogens (tertiary/aromatic N) is 3. The molecule has 0 bridgehead atoms. The molecule has 0 aliphatic carbocycles. The van der Waals surface area contributed by atoms with E-state index < -0.39 is 5.60 Å². The first-order valence-corrected chi connectivity index (χ1v) is 10.4. The Labute approximate surface area is 163 Å². The van der Waals surface area contributed by atoms with Gasteiger partial charge in [0.15, 0.2) is 0 Å². The standard InChI is InChI=1S/C19H27N3O4S/c1-18(2,3)26-17(24)21-6-4-19(5-7-21)11-22(14-10-25-9-13(14)19)16(23)15-8-20-12-27-15/h8,12-14H,4-7,9-11H2,1-3H3/t13-,14+/m0/s1. The number of likely N-dealkylation sites (tertiary alicyclic amines) is 2. The van der Waals surface area contributed by atoms with E-state index in [0.717, 1.165) is 19.4 Å². The van der Waals surface area contributed by atoms with E-state index in [1.807, 2.05) is 25.7 Å². The lowest BCUT2D eigenvalue weighted by Gasteiger charge is -2.42. The van der Waals surface area contributed by atoms with Crippen molar-refractivity contribution >= 4 is 23.3 Å². The minimum atomic E-state index is -0.484. The van der Waals surface area contributed by atoms with Crippen molar-refractivity contribution in [1.29, 1.82) is 0 Å². The molecular formula is C19H27N3O4S. The Hall–Kier alpha value is -1.67. The maximum Gasteiger partial charge on any atom is 0.410 e. The summed E-state index contributed by atoms with van der Waals surface area (Å²) in [5, 5.41) is 0. The summed E-state index contributed by atoms with van der Waals surface area (Å²) in [7, 11) is 0. The van der Waals surface area contributed by atoms with Gasteiger partial charge in [0, 0.05) is 25.6 Å².